The van der Waals surface area contributed by atoms with E-state index in [-0.39, 0.29) is 17.0 Å². The van der Waals surface area contributed by atoms with Gasteiger partial charge in [0, 0.05) is 5.56 Å². The first kappa shape index (κ1) is 15.7. The minimum atomic E-state index is 0. The minimum Gasteiger partial charge on any atom is -1.00 e. The molecule has 0 amide bonds. The third kappa shape index (κ3) is 4.26. The zero-order valence-corrected chi connectivity index (χ0v) is 12.5. The molecule has 0 aliphatic rings. The second-order valence-electron chi connectivity index (χ2n) is 4.94. The summed E-state index contributed by atoms with van der Waals surface area (Å²) in [6, 6.07) is 11.4. The van der Waals surface area contributed by atoms with Gasteiger partial charge < -0.3 is 21.5 Å². The molecule has 0 saturated heterocycles. The van der Waals surface area contributed by atoms with Crippen molar-refractivity contribution in [2.24, 2.45) is 0 Å². The molecule has 2 heteroatoms. The molecule has 1 aromatic carbocycles. The lowest BCUT2D eigenvalue weighted by molar-refractivity contribution is -0.919. The van der Waals surface area contributed by atoms with Gasteiger partial charge in [0.05, 0.1) is 20.6 Å². The van der Waals surface area contributed by atoms with E-state index in [1.165, 1.54) is 24.9 Å². The van der Waals surface area contributed by atoms with Crippen molar-refractivity contribution < 1.29 is 21.5 Å². The van der Waals surface area contributed by atoms with Crippen molar-refractivity contribution in [3.63, 3.8) is 0 Å². The maximum absolute atomic E-state index is 2.33. The van der Waals surface area contributed by atoms with Crippen LogP contribution in [0.3, 0.4) is 0 Å². The molecule has 0 bridgehead atoms. The standard InChI is InChI=1S/C14H24N.BrH/c1-5-6-12-15(3,4)13(2)14-10-8-7-9-11-14;/h7-11,13H,5-6,12H2,1-4H3;1H/q+1;/p-1. The predicted molar refractivity (Wildman–Crippen MR) is 66.7 cm³/mol. The molecular weight excluding hydrogens is 262 g/mol. The fraction of sp³-hybridized carbons (Fsp3) is 0.571. The van der Waals surface area contributed by atoms with Crippen LogP contribution in [0.5, 0.6) is 0 Å². The number of hydrogen-bond donors (Lipinski definition) is 0. The van der Waals surface area contributed by atoms with E-state index in [0.717, 1.165) is 4.48 Å². The molecular formula is C14H24BrN. The third-order valence-corrected chi connectivity index (χ3v) is 3.42. The van der Waals surface area contributed by atoms with Crippen LogP contribution in [0, 0.1) is 0 Å². The first-order chi connectivity index (χ1) is 7.08. The normalized spacial score (nSPS) is 13.0. The molecule has 1 nitrogen and oxygen atoms in total. The number of benzene rings is 1. The van der Waals surface area contributed by atoms with E-state index in [2.05, 4.69) is 58.3 Å². The lowest BCUT2D eigenvalue weighted by Gasteiger charge is -2.36. The molecule has 92 valence electrons. The Hall–Kier alpha value is -0.340. The van der Waals surface area contributed by atoms with Crippen molar-refractivity contribution in [1.29, 1.82) is 0 Å². The van der Waals surface area contributed by atoms with Crippen molar-refractivity contribution in [2.75, 3.05) is 20.6 Å². The molecule has 1 atom stereocenters. The van der Waals surface area contributed by atoms with Crippen LogP contribution in [0.2, 0.25) is 0 Å². The number of nitrogens with zero attached hydrogens (tertiary/aromatic N) is 1. The summed E-state index contributed by atoms with van der Waals surface area (Å²) in [6.07, 6.45) is 2.59. The highest BCUT2D eigenvalue weighted by Gasteiger charge is 2.24. The predicted octanol–water partition coefficient (Wildman–Crippen LogP) is 0.628. The molecule has 1 aromatic rings. The number of quaternary nitrogens is 1. The van der Waals surface area contributed by atoms with Gasteiger partial charge in [-0.05, 0) is 13.3 Å². The summed E-state index contributed by atoms with van der Waals surface area (Å²) in [4.78, 5) is 0. The number of rotatable bonds is 5. The zero-order valence-electron chi connectivity index (χ0n) is 10.9. The van der Waals surface area contributed by atoms with Gasteiger partial charge in [0.15, 0.2) is 0 Å². The summed E-state index contributed by atoms with van der Waals surface area (Å²) in [7, 11) is 4.65. The first-order valence-electron chi connectivity index (χ1n) is 5.95. The highest BCUT2D eigenvalue weighted by molar-refractivity contribution is 5.16. The van der Waals surface area contributed by atoms with Gasteiger partial charge in [-0.3, -0.25) is 0 Å². The monoisotopic (exact) mass is 285 g/mol. The largest absolute Gasteiger partial charge is 1.00 e. The van der Waals surface area contributed by atoms with Crippen molar-refractivity contribution in [1.82, 2.24) is 0 Å². The van der Waals surface area contributed by atoms with Crippen LogP contribution in [-0.4, -0.2) is 25.1 Å². The second kappa shape index (κ2) is 7.08. The fourth-order valence-corrected chi connectivity index (χ4v) is 1.89. The molecule has 0 N–H and O–H groups in total. The summed E-state index contributed by atoms with van der Waals surface area (Å²) >= 11 is 0. The van der Waals surface area contributed by atoms with Gasteiger partial charge in [0.2, 0.25) is 0 Å². The third-order valence-electron chi connectivity index (χ3n) is 3.42. The number of hydrogen-bond acceptors (Lipinski definition) is 0. The molecule has 16 heavy (non-hydrogen) atoms. The fourth-order valence-electron chi connectivity index (χ4n) is 1.89. The summed E-state index contributed by atoms with van der Waals surface area (Å²) in [5.74, 6) is 0. The molecule has 1 rings (SSSR count). The maximum Gasteiger partial charge on any atom is 0.111 e. The second-order valence-corrected chi connectivity index (χ2v) is 4.94. The Morgan fingerprint density at radius 2 is 1.69 bits per heavy atom. The van der Waals surface area contributed by atoms with Gasteiger partial charge >= 0.3 is 0 Å². The zero-order chi connectivity index (χ0) is 11.3. The van der Waals surface area contributed by atoms with E-state index in [4.69, 9.17) is 0 Å². The molecule has 0 fully saturated rings. The van der Waals surface area contributed by atoms with Crippen LogP contribution in [0.15, 0.2) is 30.3 Å². The summed E-state index contributed by atoms with van der Waals surface area (Å²) in [5.41, 5.74) is 1.44. The van der Waals surface area contributed by atoms with Gasteiger partial charge in [-0.2, -0.15) is 0 Å². The summed E-state index contributed by atoms with van der Waals surface area (Å²) < 4.78 is 1.08. The lowest BCUT2D eigenvalue weighted by Crippen LogP contribution is -3.00. The quantitative estimate of drug-likeness (QED) is 0.697. The van der Waals surface area contributed by atoms with E-state index < -0.39 is 0 Å². The topological polar surface area (TPSA) is 0 Å². The first-order valence-corrected chi connectivity index (χ1v) is 5.95. The molecule has 0 radical (unpaired) electrons. The smallest absolute Gasteiger partial charge is 0.111 e. The van der Waals surface area contributed by atoms with Crippen molar-refractivity contribution in [3.8, 4) is 0 Å². The van der Waals surface area contributed by atoms with Crippen molar-refractivity contribution in [2.45, 2.75) is 32.7 Å². The molecule has 0 aromatic heterocycles. The molecule has 1 unspecified atom stereocenters. The Morgan fingerprint density at radius 3 is 2.19 bits per heavy atom. The Labute approximate surface area is 111 Å². The van der Waals surface area contributed by atoms with Crippen LogP contribution in [0.25, 0.3) is 0 Å². The Kier molecular flexibility index (Phi) is 6.93. The van der Waals surface area contributed by atoms with Crippen molar-refractivity contribution >= 4 is 0 Å². The van der Waals surface area contributed by atoms with Gasteiger partial charge in [-0.1, -0.05) is 43.7 Å². The molecule has 0 spiro atoms. The molecule has 0 saturated carbocycles. The van der Waals surface area contributed by atoms with E-state index >= 15 is 0 Å². The summed E-state index contributed by atoms with van der Waals surface area (Å²) in [5, 5.41) is 0. The Balaban J connectivity index is 0.00000225. The van der Waals surface area contributed by atoms with Gasteiger partial charge in [0.1, 0.15) is 6.04 Å². The van der Waals surface area contributed by atoms with Gasteiger partial charge in [-0.15, -0.1) is 0 Å². The highest BCUT2D eigenvalue weighted by atomic mass is 79.9. The average Bonchev–Trinajstić information content (AvgIpc) is 2.26. The SMILES string of the molecule is CCCC[N+](C)(C)C(C)c1ccccc1.[Br-]. The van der Waals surface area contributed by atoms with Crippen molar-refractivity contribution in [3.05, 3.63) is 35.9 Å². The van der Waals surface area contributed by atoms with E-state index in [0.29, 0.717) is 6.04 Å². The highest BCUT2D eigenvalue weighted by Crippen LogP contribution is 2.24. The van der Waals surface area contributed by atoms with Crippen LogP contribution < -0.4 is 17.0 Å². The molecule has 0 heterocycles. The van der Waals surface area contributed by atoms with Crippen LogP contribution >= 0.6 is 0 Å². The van der Waals surface area contributed by atoms with Crippen LogP contribution in [0.1, 0.15) is 38.3 Å². The van der Waals surface area contributed by atoms with E-state index in [1.807, 2.05) is 0 Å². The molecule has 0 aliphatic carbocycles. The maximum atomic E-state index is 2.33. The Morgan fingerprint density at radius 1 is 1.12 bits per heavy atom. The van der Waals surface area contributed by atoms with Crippen LogP contribution in [-0.2, 0) is 0 Å². The number of unbranched alkanes of at least 4 members (excludes halogenated alkanes) is 1. The van der Waals surface area contributed by atoms with Gasteiger partial charge in [0.25, 0.3) is 0 Å². The minimum absolute atomic E-state index is 0. The number of halogens is 1. The summed E-state index contributed by atoms with van der Waals surface area (Å²) in [6.45, 7) is 5.84. The van der Waals surface area contributed by atoms with E-state index in [1.54, 1.807) is 0 Å². The van der Waals surface area contributed by atoms with Crippen LogP contribution in [0.4, 0.5) is 0 Å². The van der Waals surface area contributed by atoms with E-state index in [9.17, 15) is 0 Å². The average molecular weight is 286 g/mol. The molecule has 0 aliphatic heterocycles. The lowest BCUT2D eigenvalue weighted by atomic mass is 10.1. The van der Waals surface area contributed by atoms with Gasteiger partial charge in [-0.25, -0.2) is 0 Å². The Bertz CT molecular complexity index is 282.